The lowest BCUT2D eigenvalue weighted by Crippen LogP contribution is -2.53. The van der Waals surface area contributed by atoms with Gasteiger partial charge in [-0.3, -0.25) is 14.5 Å². The zero-order valence-electron chi connectivity index (χ0n) is 23.8. The summed E-state index contributed by atoms with van der Waals surface area (Å²) in [6, 6.07) is 14.3. The Hall–Kier alpha value is -2.97. The first-order valence-electron chi connectivity index (χ1n) is 15.0. The Kier molecular flexibility index (Phi) is 7.34. The zero-order valence-corrected chi connectivity index (χ0v) is 23.8. The Morgan fingerprint density at radius 3 is 2.40 bits per heavy atom. The molecular formula is C32H42N4O4. The van der Waals surface area contributed by atoms with E-state index in [1.807, 2.05) is 61.2 Å². The van der Waals surface area contributed by atoms with Crippen LogP contribution in [0.4, 0.5) is 5.82 Å². The van der Waals surface area contributed by atoms with Crippen molar-refractivity contribution >= 4 is 17.7 Å². The van der Waals surface area contributed by atoms with Gasteiger partial charge in [-0.05, 0) is 71.0 Å². The molecule has 1 aromatic carbocycles. The molecule has 2 aromatic rings. The smallest absolute Gasteiger partial charge is 0.314 e. The number of benzene rings is 1. The number of rotatable bonds is 4. The van der Waals surface area contributed by atoms with Gasteiger partial charge in [0.05, 0.1) is 17.2 Å². The van der Waals surface area contributed by atoms with Gasteiger partial charge in [-0.15, -0.1) is 0 Å². The van der Waals surface area contributed by atoms with Crippen molar-refractivity contribution in [3.63, 3.8) is 0 Å². The monoisotopic (exact) mass is 546 g/mol. The molecule has 8 heteroatoms. The second kappa shape index (κ2) is 10.8. The number of amides is 1. The SMILES string of the molecule is CC1(C)CC2(CCCN(C3CCN(C(=O)c4cc(-c5ccccc5)nc(N5CCC(O)CC5)c4)CC3)C2)C(=O)O1. The summed E-state index contributed by atoms with van der Waals surface area (Å²) in [5, 5.41) is 10.00. The first-order chi connectivity index (χ1) is 19.2. The summed E-state index contributed by atoms with van der Waals surface area (Å²) in [5.41, 5.74) is 1.70. The minimum atomic E-state index is -0.383. The number of likely N-dealkylation sites (tertiary alicyclic amines) is 2. The van der Waals surface area contributed by atoms with Crippen molar-refractivity contribution in [3.8, 4) is 11.3 Å². The number of esters is 1. The van der Waals surface area contributed by atoms with Crippen molar-refractivity contribution in [2.75, 3.05) is 44.2 Å². The number of ether oxygens (including phenoxy) is 1. The average molecular weight is 547 g/mol. The molecule has 1 spiro atoms. The van der Waals surface area contributed by atoms with E-state index in [9.17, 15) is 14.7 Å². The molecule has 1 amide bonds. The predicted molar refractivity (Wildman–Crippen MR) is 154 cm³/mol. The molecule has 5 heterocycles. The first kappa shape index (κ1) is 27.2. The highest BCUT2D eigenvalue weighted by atomic mass is 16.6. The fraction of sp³-hybridized carbons (Fsp3) is 0.594. The molecule has 0 bridgehead atoms. The number of anilines is 1. The number of aliphatic hydroxyl groups is 1. The van der Waals surface area contributed by atoms with Crippen LogP contribution in [-0.4, -0.2) is 88.8 Å². The van der Waals surface area contributed by atoms with Crippen molar-refractivity contribution in [1.29, 1.82) is 0 Å². The van der Waals surface area contributed by atoms with E-state index in [2.05, 4.69) is 9.80 Å². The van der Waals surface area contributed by atoms with Gasteiger partial charge in [0.25, 0.3) is 5.91 Å². The molecular weight excluding hydrogens is 504 g/mol. The number of cyclic esters (lactones) is 1. The van der Waals surface area contributed by atoms with E-state index in [0.717, 1.165) is 75.4 Å². The number of pyridine rings is 1. The van der Waals surface area contributed by atoms with Crippen LogP contribution < -0.4 is 4.90 Å². The molecule has 4 aliphatic heterocycles. The standard InChI is InChI=1S/C32H42N4O4/c1-31(2)21-32(30(39)40-31)13-6-14-36(22-32)25-9-15-35(16-10-25)29(38)24-19-27(23-7-4-3-5-8-23)33-28(20-24)34-17-11-26(37)12-18-34/h3-5,7-8,19-20,25-26,37H,6,9-18,21-22H2,1-2H3. The lowest BCUT2D eigenvalue weighted by atomic mass is 9.74. The number of hydrogen-bond donors (Lipinski definition) is 1. The summed E-state index contributed by atoms with van der Waals surface area (Å²) in [4.78, 5) is 38.3. The van der Waals surface area contributed by atoms with Crippen molar-refractivity contribution in [2.45, 2.75) is 76.5 Å². The predicted octanol–water partition coefficient (Wildman–Crippen LogP) is 4.12. The fourth-order valence-electron chi connectivity index (χ4n) is 7.34. The second-order valence-electron chi connectivity index (χ2n) is 12.9. The van der Waals surface area contributed by atoms with Crippen molar-refractivity contribution in [2.24, 2.45) is 5.41 Å². The summed E-state index contributed by atoms with van der Waals surface area (Å²) in [6.07, 6.45) is 5.68. The van der Waals surface area contributed by atoms with Gasteiger partial charge in [-0.1, -0.05) is 30.3 Å². The van der Waals surface area contributed by atoms with Crippen LogP contribution in [0.2, 0.25) is 0 Å². The van der Waals surface area contributed by atoms with Crippen LogP contribution in [0.5, 0.6) is 0 Å². The normalized spacial score (nSPS) is 26.3. The van der Waals surface area contributed by atoms with Gasteiger partial charge in [0.2, 0.25) is 0 Å². The molecule has 40 heavy (non-hydrogen) atoms. The average Bonchev–Trinajstić information content (AvgIpc) is 3.19. The van der Waals surface area contributed by atoms with Crippen LogP contribution in [0.1, 0.15) is 69.2 Å². The van der Waals surface area contributed by atoms with Crippen molar-refractivity contribution in [1.82, 2.24) is 14.8 Å². The van der Waals surface area contributed by atoms with Gasteiger partial charge >= 0.3 is 5.97 Å². The van der Waals surface area contributed by atoms with Crippen LogP contribution in [0.15, 0.2) is 42.5 Å². The molecule has 1 aromatic heterocycles. The van der Waals surface area contributed by atoms with E-state index >= 15 is 0 Å². The topological polar surface area (TPSA) is 86.2 Å². The van der Waals surface area contributed by atoms with Crippen LogP contribution in [-0.2, 0) is 9.53 Å². The van der Waals surface area contributed by atoms with Gasteiger partial charge in [-0.2, -0.15) is 0 Å². The van der Waals surface area contributed by atoms with Crippen LogP contribution in [0.3, 0.4) is 0 Å². The first-order valence-corrected chi connectivity index (χ1v) is 15.0. The third-order valence-corrected chi connectivity index (χ3v) is 9.36. The summed E-state index contributed by atoms with van der Waals surface area (Å²) in [5.74, 6) is 0.824. The molecule has 1 atom stereocenters. The Morgan fingerprint density at radius 2 is 1.73 bits per heavy atom. The van der Waals surface area contributed by atoms with Gasteiger partial charge in [0.1, 0.15) is 11.4 Å². The van der Waals surface area contributed by atoms with Crippen molar-refractivity contribution < 1.29 is 19.4 Å². The van der Waals surface area contributed by atoms with Gasteiger partial charge < -0.3 is 19.6 Å². The van der Waals surface area contributed by atoms with E-state index in [-0.39, 0.29) is 29.0 Å². The maximum atomic E-state index is 13.8. The summed E-state index contributed by atoms with van der Waals surface area (Å²) in [7, 11) is 0. The van der Waals surface area contributed by atoms with E-state index in [0.29, 0.717) is 37.5 Å². The third-order valence-electron chi connectivity index (χ3n) is 9.36. The lowest BCUT2D eigenvalue weighted by molar-refractivity contribution is -0.154. The Labute approximate surface area is 237 Å². The molecule has 6 rings (SSSR count). The molecule has 4 saturated heterocycles. The van der Waals surface area contributed by atoms with E-state index in [4.69, 9.17) is 9.72 Å². The van der Waals surface area contributed by atoms with E-state index in [1.54, 1.807) is 0 Å². The molecule has 0 radical (unpaired) electrons. The zero-order chi connectivity index (χ0) is 27.9. The number of nitrogens with zero attached hydrogens (tertiary/aromatic N) is 4. The Morgan fingerprint density at radius 1 is 1.00 bits per heavy atom. The molecule has 0 saturated carbocycles. The molecule has 1 N–H and O–H groups in total. The van der Waals surface area contributed by atoms with Gasteiger partial charge in [0.15, 0.2) is 0 Å². The van der Waals surface area contributed by atoms with Gasteiger partial charge in [0, 0.05) is 56.3 Å². The van der Waals surface area contributed by atoms with E-state index in [1.165, 1.54) is 0 Å². The quantitative estimate of drug-likeness (QED) is 0.578. The van der Waals surface area contributed by atoms with Crippen molar-refractivity contribution in [3.05, 3.63) is 48.0 Å². The minimum Gasteiger partial charge on any atom is -0.459 e. The largest absolute Gasteiger partial charge is 0.459 e. The molecule has 8 nitrogen and oxygen atoms in total. The molecule has 4 fully saturated rings. The van der Waals surface area contributed by atoms with Gasteiger partial charge in [-0.25, -0.2) is 4.98 Å². The number of carbonyl (C=O) groups is 2. The summed E-state index contributed by atoms with van der Waals surface area (Å²) < 4.78 is 5.74. The van der Waals surface area contributed by atoms with E-state index < -0.39 is 0 Å². The van der Waals surface area contributed by atoms with Crippen LogP contribution in [0, 0.1) is 5.41 Å². The number of piperidine rings is 3. The number of aliphatic hydroxyl groups excluding tert-OH is 1. The summed E-state index contributed by atoms with van der Waals surface area (Å²) in [6.45, 7) is 8.69. The maximum Gasteiger partial charge on any atom is 0.314 e. The third kappa shape index (κ3) is 5.48. The molecule has 214 valence electrons. The maximum absolute atomic E-state index is 13.8. The van der Waals surface area contributed by atoms with Crippen LogP contribution in [0.25, 0.3) is 11.3 Å². The number of hydrogen-bond acceptors (Lipinski definition) is 7. The minimum absolute atomic E-state index is 0.0271. The second-order valence-corrected chi connectivity index (χ2v) is 12.9. The lowest BCUT2D eigenvalue weighted by Gasteiger charge is -2.44. The molecule has 4 aliphatic rings. The summed E-state index contributed by atoms with van der Waals surface area (Å²) >= 11 is 0. The highest BCUT2D eigenvalue weighted by molar-refractivity contribution is 5.96. The fourth-order valence-corrected chi connectivity index (χ4v) is 7.34. The Bertz CT molecular complexity index is 1230. The highest BCUT2D eigenvalue weighted by Crippen LogP contribution is 2.46. The number of aromatic nitrogens is 1. The molecule has 0 aliphatic carbocycles. The number of carbonyl (C=O) groups excluding carboxylic acids is 2. The Balaban J connectivity index is 1.16. The van der Waals surface area contributed by atoms with Crippen LogP contribution >= 0.6 is 0 Å². The molecule has 1 unspecified atom stereocenters. The highest BCUT2D eigenvalue weighted by Gasteiger charge is 2.54.